The first-order valence-corrected chi connectivity index (χ1v) is 8.39. The lowest BCUT2D eigenvalue weighted by Crippen LogP contribution is -2.40. The van der Waals surface area contributed by atoms with Crippen molar-refractivity contribution in [1.82, 2.24) is 14.7 Å². The van der Waals surface area contributed by atoms with Gasteiger partial charge in [-0.3, -0.25) is 14.6 Å². The summed E-state index contributed by atoms with van der Waals surface area (Å²) in [5, 5.41) is 11.0. The normalized spacial score (nSPS) is 17.6. The predicted molar refractivity (Wildman–Crippen MR) is 85.4 cm³/mol. The summed E-state index contributed by atoms with van der Waals surface area (Å²) in [7, 11) is 1.87. The van der Waals surface area contributed by atoms with Crippen LogP contribution < -0.4 is 0 Å². The van der Waals surface area contributed by atoms with Gasteiger partial charge in [-0.25, -0.2) is 0 Å². The fraction of sp³-hybridized carbons (Fsp3) is 0.667. The van der Waals surface area contributed by atoms with Crippen LogP contribution in [0.3, 0.4) is 0 Å². The number of carbonyl (C=O) groups is 1. The first kappa shape index (κ1) is 16.4. The van der Waals surface area contributed by atoms with Crippen molar-refractivity contribution in [1.29, 1.82) is 0 Å². The van der Waals surface area contributed by atoms with Crippen molar-refractivity contribution in [2.75, 3.05) is 52.9 Å². The molecule has 6 heteroatoms. The second-order valence-electron chi connectivity index (χ2n) is 5.52. The molecule has 0 atom stereocenters. The van der Waals surface area contributed by atoms with E-state index in [1.165, 1.54) is 4.88 Å². The average Bonchev–Trinajstić information content (AvgIpc) is 2.87. The number of hydrogen-bond donors (Lipinski definition) is 1. The Morgan fingerprint density at radius 1 is 1.33 bits per heavy atom. The van der Waals surface area contributed by atoms with E-state index in [9.17, 15) is 4.79 Å². The minimum absolute atomic E-state index is 0.180. The second-order valence-corrected chi connectivity index (χ2v) is 6.56. The van der Waals surface area contributed by atoms with E-state index in [2.05, 4.69) is 15.9 Å². The zero-order valence-electron chi connectivity index (χ0n) is 12.7. The van der Waals surface area contributed by atoms with Gasteiger partial charge in [0.05, 0.1) is 19.7 Å². The molecule has 5 nitrogen and oxygen atoms in total. The fourth-order valence-electron chi connectivity index (χ4n) is 2.58. The maximum atomic E-state index is 12.3. The van der Waals surface area contributed by atoms with Crippen LogP contribution in [-0.4, -0.2) is 78.6 Å². The minimum atomic E-state index is 0.180. The van der Waals surface area contributed by atoms with Gasteiger partial charge in [0.15, 0.2) is 0 Å². The molecule has 118 valence electrons. The summed E-state index contributed by atoms with van der Waals surface area (Å²) in [5.74, 6) is 0.180. The molecule has 1 aromatic heterocycles. The number of carbonyl (C=O) groups excluding carboxylic acids is 1. The number of thiophene rings is 1. The zero-order valence-corrected chi connectivity index (χ0v) is 13.5. The molecule has 1 fully saturated rings. The molecular formula is C15H25N3O2S. The fourth-order valence-corrected chi connectivity index (χ4v) is 3.34. The number of aliphatic hydroxyl groups excluding tert-OH is 1. The summed E-state index contributed by atoms with van der Waals surface area (Å²) >= 11 is 1.69. The summed E-state index contributed by atoms with van der Waals surface area (Å²) in [6.45, 7) is 5.94. The Morgan fingerprint density at radius 3 is 2.81 bits per heavy atom. The van der Waals surface area contributed by atoms with Crippen LogP contribution in [0.5, 0.6) is 0 Å². The van der Waals surface area contributed by atoms with Crippen LogP contribution in [0.25, 0.3) is 0 Å². The quantitative estimate of drug-likeness (QED) is 0.840. The van der Waals surface area contributed by atoms with Crippen molar-refractivity contribution in [3.63, 3.8) is 0 Å². The molecule has 1 aliphatic rings. The van der Waals surface area contributed by atoms with E-state index < -0.39 is 0 Å². The summed E-state index contributed by atoms with van der Waals surface area (Å²) < 4.78 is 0. The molecule has 1 aromatic rings. The molecule has 1 N–H and O–H groups in total. The largest absolute Gasteiger partial charge is 0.395 e. The highest BCUT2D eigenvalue weighted by atomic mass is 32.1. The van der Waals surface area contributed by atoms with E-state index in [4.69, 9.17) is 5.11 Å². The topological polar surface area (TPSA) is 47.0 Å². The number of β-amino-alcohol motifs (C(OH)–C–C–N with tert-alkyl or cyclic N) is 1. The molecule has 0 unspecified atom stereocenters. The van der Waals surface area contributed by atoms with Crippen LogP contribution in [0, 0.1) is 0 Å². The van der Waals surface area contributed by atoms with Crippen molar-refractivity contribution in [2.45, 2.75) is 13.0 Å². The first-order chi connectivity index (χ1) is 10.2. The highest BCUT2D eigenvalue weighted by molar-refractivity contribution is 7.09. The molecule has 0 saturated carbocycles. The smallest absolute Gasteiger partial charge is 0.236 e. The third-order valence-electron chi connectivity index (χ3n) is 3.86. The van der Waals surface area contributed by atoms with Gasteiger partial charge in [-0.2, -0.15) is 0 Å². The summed E-state index contributed by atoms with van der Waals surface area (Å²) in [6.07, 6.45) is 1.06. The highest BCUT2D eigenvalue weighted by Crippen LogP contribution is 2.11. The molecule has 1 amide bonds. The number of amides is 1. The molecule has 0 bridgehead atoms. The number of nitrogens with zero attached hydrogens (tertiary/aromatic N) is 3. The van der Waals surface area contributed by atoms with E-state index in [0.29, 0.717) is 13.1 Å². The van der Waals surface area contributed by atoms with Crippen LogP contribution in [-0.2, 0) is 11.3 Å². The van der Waals surface area contributed by atoms with E-state index >= 15 is 0 Å². The average molecular weight is 311 g/mol. The maximum absolute atomic E-state index is 12.3. The highest BCUT2D eigenvalue weighted by Gasteiger charge is 2.18. The Kier molecular flexibility index (Phi) is 6.63. The van der Waals surface area contributed by atoms with E-state index in [0.717, 1.165) is 39.1 Å². The van der Waals surface area contributed by atoms with Gasteiger partial charge in [-0.1, -0.05) is 6.07 Å². The summed E-state index contributed by atoms with van der Waals surface area (Å²) in [6, 6.07) is 4.08. The van der Waals surface area contributed by atoms with E-state index in [-0.39, 0.29) is 12.5 Å². The van der Waals surface area contributed by atoms with Crippen molar-refractivity contribution in [2.24, 2.45) is 0 Å². The molecule has 0 spiro atoms. The molecule has 0 aromatic carbocycles. The van der Waals surface area contributed by atoms with Crippen molar-refractivity contribution in [3.8, 4) is 0 Å². The van der Waals surface area contributed by atoms with Crippen LogP contribution >= 0.6 is 11.3 Å². The van der Waals surface area contributed by atoms with Gasteiger partial charge in [-0.15, -0.1) is 11.3 Å². The van der Waals surface area contributed by atoms with Crippen LogP contribution in [0.4, 0.5) is 0 Å². The van der Waals surface area contributed by atoms with Crippen molar-refractivity contribution in [3.05, 3.63) is 22.4 Å². The number of likely N-dealkylation sites (N-methyl/N-ethyl adjacent to an activating group) is 1. The van der Waals surface area contributed by atoms with Gasteiger partial charge in [0.1, 0.15) is 0 Å². The number of aliphatic hydroxyl groups is 1. The minimum Gasteiger partial charge on any atom is -0.395 e. The van der Waals surface area contributed by atoms with Crippen molar-refractivity contribution >= 4 is 17.2 Å². The third kappa shape index (κ3) is 5.39. The molecule has 2 heterocycles. The Balaban J connectivity index is 1.76. The lowest BCUT2D eigenvalue weighted by Gasteiger charge is -2.24. The monoisotopic (exact) mass is 311 g/mol. The molecule has 1 saturated heterocycles. The van der Waals surface area contributed by atoms with Crippen LogP contribution in [0.1, 0.15) is 11.3 Å². The summed E-state index contributed by atoms with van der Waals surface area (Å²) in [5.41, 5.74) is 0. The van der Waals surface area contributed by atoms with E-state index in [1.807, 2.05) is 23.4 Å². The first-order valence-electron chi connectivity index (χ1n) is 7.51. The Labute approximate surface area is 130 Å². The number of hydrogen-bond acceptors (Lipinski definition) is 5. The van der Waals surface area contributed by atoms with Gasteiger partial charge in [0, 0.05) is 31.6 Å². The lowest BCUT2D eigenvalue weighted by molar-refractivity contribution is -0.131. The summed E-state index contributed by atoms with van der Waals surface area (Å²) in [4.78, 5) is 19.8. The maximum Gasteiger partial charge on any atom is 0.236 e. The molecule has 1 aliphatic heterocycles. The second kappa shape index (κ2) is 8.48. The van der Waals surface area contributed by atoms with E-state index in [1.54, 1.807) is 11.3 Å². The molecule has 0 radical (unpaired) electrons. The van der Waals surface area contributed by atoms with Gasteiger partial charge >= 0.3 is 0 Å². The lowest BCUT2D eigenvalue weighted by atomic mass is 10.3. The van der Waals surface area contributed by atoms with Gasteiger partial charge in [0.25, 0.3) is 0 Å². The zero-order chi connectivity index (χ0) is 15.1. The van der Waals surface area contributed by atoms with Crippen LogP contribution in [0.2, 0.25) is 0 Å². The Morgan fingerprint density at radius 2 is 2.10 bits per heavy atom. The van der Waals surface area contributed by atoms with Crippen LogP contribution in [0.15, 0.2) is 17.5 Å². The molecule has 0 aliphatic carbocycles. The number of rotatable bonds is 6. The Hall–Kier alpha value is -0.950. The Bertz CT molecular complexity index is 425. The SMILES string of the molecule is CN(Cc1cccs1)C(=O)CN1CCCN(CCO)CC1. The van der Waals surface area contributed by atoms with Gasteiger partial charge < -0.3 is 10.0 Å². The third-order valence-corrected chi connectivity index (χ3v) is 4.72. The van der Waals surface area contributed by atoms with Crippen molar-refractivity contribution < 1.29 is 9.90 Å². The van der Waals surface area contributed by atoms with Gasteiger partial charge in [-0.05, 0) is 31.0 Å². The predicted octanol–water partition coefficient (Wildman–Crippen LogP) is 0.707. The van der Waals surface area contributed by atoms with Gasteiger partial charge in [0.2, 0.25) is 5.91 Å². The molecular weight excluding hydrogens is 286 g/mol. The molecule has 2 rings (SSSR count). The molecule has 21 heavy (non-hydrogen) atoms. The standard InChI is InChI=1S/C15H25N3O2S/c1-16(12-14-4-2-11-21-14)15(20)13-18-6-3-5-17(7-8-18)9-10-19/h2,4,11,19H,3,5-10,12-13H2,1H3.